The summed E-state index contributed by atoms with van der Waals surface area (Å²) in [4.78, 5) is 7.13. The summed E-state index contributed by atoms with van der Waals surface area (Å²) in [6.07, 6.45) is -0.0691. The normalized spacial score (nSPS) is 17.0. The van der Waals surface area contributed by atoms with Crippen LogP contribution in [0.5, 0.6) is 0 Å². The first-order chi connectivity index (χ1) is 17.8. The SMILES string of the molecule is CCN(CC)c1ccc(N=NC2=NC(c3ccccc3)[NH+](Cc3ccccc3)N2)cc1.COS(=O)(=O)[O-]. The number of rotatable bonds is 8. The predicted octanol–water partition coefficient (Wildman–Crippen LogP) is 3.37. The van der Waals surface area contributed by atoms with Gasteiger partial charge in [-0.25, -0.2) is 13.4 Å². The molecule has 0 bridgehead atoms. The van der Waals surface area contributed by atoms with Crippen LogP contribution in [0.25, 0.3) is 0 Å². The number of nitrogens with zero attached hydrogens (tertiary/aromatic N) is 4. The van der Waals surface area contributed by atoms with Crippen LogP contribution in [0.15, 0.2) is 100 Å². The Morgan fingerprint density at radius 2 is 1.51 bits per heavy atom. The molecule has 0 aromatic heterocycles. The number of nitrogens with one attached hydrogen (secondary N) is 2. The summed E-state index contributed by atoms with van der Waals surface area (Å²) < 4.78 is 31.0. The molecule has 10 nitrogen and oxygen atoms in total. The minimum atomic E-state index is -4.41. The highest BCUT2D eigenvalue weighted by atomic mass is 32.3. The molecular weight excluding hydrogens is 492 g/mol. The lowest BCUT2D eigenvalue weighted by atomic mass is 10.1. The molecule has 37 heavy (non-hydrogen) atoms. The van der Waals surface area contributed by atoms with Crippen molar-refractivity contribution < 1.29 is 22.2 Å². The molecule has 0 spiro atoms. The van der Waals surface area contributed by atoms with Crippen LogP contribution in [-0.2, 0) is 21.1 Å². The van der Waals surface area contributed by atoms with Gasteiger partial charge < -0.3 is 9.45 Å². The maximum atomic E-state index is 9.22. The minimum Gasteiger partial charge on any atom is -0.726 e. The molecule has 196 valence electrons. The topological polar surface area (TPSA) is 123 Å². The summed E-state index contributed by atoms with van der Waals surface area (Å²) in [6, 6.07) is 28.9. The van der Waals surface area contributed by atoms with Gasteiger partial charge in [0.2, 0.25) is 16.6 Å². The summed E-state index contributed by atoms with van der Waals surface area (Å²) in [7, 11) is -3.60. The fourth-order valence-corrected chi connectivity index (χ4v) is 3.79. The molecule has 11 heteroatoms. The number of quaternary nitrogens is 1. The Bertz CT molecular complexity index is 1270. The summed E-state index contributed by atoms with van der Waals surface area (Å²) in [5.41, 5.74) is 7.80. The molecular formula is C26H32N6O4S. The second kappa shape index (κ2) is 13.6. The fraction of sp³-hybridized carbons (Fsp3) is 0.269. The Morgan fingerprint density at radius 3 is 2.05 bits per heavy atom. The molecule has 0 saturated carbocycles. The van der Waals surface area contributed by atoms with Crippen LogP contribution in [0.3, 0.4) is 0 Å². The van der Waals surface area contributed by atoms with Crippen molar-refractivity contribution in [2.45, 2.75) is 26.6 Å². The lowest BCUT2D eigenvalue weighted by Crippen LogP contribution is -3.16. The molecule has 1 aliphatic heterocycles. The van der Waals surface area contributed by atoms with Crippen LogP contribution < -0.4 is 15.3 Å². The average Bonchev–Trinajstić information content (AvgIpc) is 3.32. The van der Waals surface area contributed by atoms with E-state index in [-0.39, 0.29) is 6.17 Å². The average molecular weight is 525 g/mol. The van der Waals surface area contributed by atoms with E-state index in [0.717, 1.165) is 43.0 Å². The highest BCUT2D eigenvalue weighted by Gasteiger charge is 2.32. The van der Waals surface area contributed by atoms with Gasteiger partial charge in [0.1, 0.15) is 6.54 Å². The first kappa shape index (κ1) is 27.9. The van der Waals surface area contributed by atoms with Crippen LogP contribution in [-0.4, -0.2) is 39.1 Å². The van der Waals surface area contributed by atoms with Crippen LogP contribution >= 0.6 is 0 Å². The number of aliphatic imine (C=N–C) groups is 1. The maximum absolute atomic E-state index is 9.22. The zero-order chi connectivity index (χ0) is 26.7. The lowest BCUT2D eigenvalue weighted by molar-refractivity contribution is -0.971. The maximum Gasteiger partial charge on any atom is 0.289 e. The fourth-order valence-electron chi connectivity index (χ4n) is 3.79. The Labute approximate surface area is 218 Å². The molecule has 0 amide bonds. The molecule has 3 aromatic rings. The molecule has 0 radical (unpaired) electrons. The van der Waals surface area contributed by atoms with Crippen molar-refractivity contribution in [2.24, 2.45) is 15.2 Å². The molecule has 0 fully saturated rings. The highest BCUT2D eigenvalue weighted by Crippen LogP contribution is 2.20. The van der Waals surface area contributed by atoms with Crippen molar-refractivity contribution in [3.8, 4) is 0 Å². The Morgan fingerprint density at radius 1 is 0.946 bits per heavy atom. The van der Waals surface area contributed by atoms with Crippen LogP contribution in [0.4, 0.5) is 11.4 Å². The van der Waals surface area contributed by atoms with Gasteiger partial charge in [-0.15, -0.1) is 10.2 Å². The van der Waals surface area contributed by atoms with Crippen molar-refractivity contribution in [3.63, 3.8) is 0 Å². The number of hydrogen-bond acceptors (Lipinski definition) is 9. The summed E-state index contributed by atoms with van der Waals surface area (Å²) in [5.74, 6) is 0.549. The standard InChI is InChI=1S/C25H28N6.CH4O4S/c1-3-30(4-2)23-17-15-22(16-18-23)27-28-25-26-24(21-13-9-6-10-14-21)31(29-25)19-20-11-7-5-8-12-20;1-5-6(2,3)4/h5-18,24H,3-4,19H2,1-2H3,(H,26,29);1H3,(H,2,3,4). The summed E-state index contributed by atoms with van der Waals surface area (Å²) in [5, 5.41) is 9.93. The zero-order valence-corrected chi connectivity index (χ0v) is 21.9. The molecule has 2 atom stereocenters. The van der Waals surface area contributed by atoms with Crippen molar-refractivity contribution >= 4 is 27.7 Å². The molecule has 0 saturated heterocycles. The lowest BCUT2D eigenvalue weighted by Gasteiger charge is -2.20. The van der Waals surface area contributed by atoms with E-state index in [1.54, 1.807) is 0 Å². The van der Waals surface area contributed by atoms with Gasteiger partial charge in [-0.3, -0.25) is 4.18 Å². The quantitative estimate of drug-likeness (QED) is 0.265. The van der Waals surface area contributed by atoms with E-state index < -0.39 is 10.4 Å². The van der Waals surface area contributed by atoms with Crippen molar-refractivity contribution in [3.05, 3.63) is 96.1 Å². The van der Waals surface area contributed by atoms with Gasteiger partial charge in [0.15, 0.2) is 0 Å². The molecule has 3 aromatic carbocycles. The molecule has 2 N–H and O–H groups in total. The molecule has 4 rings (SSSR count). The van der Waals surface area contributed by atoms with Gasteiger partial charge >= 0.3 is 0 Å². The molecule has 1 aliphatic rings. The highest BCUT2D eigenvalue weighted by molar-refractivity contribution is 7.80. The Hall–Kier alpha value is -3.64. The first-order valence-electron chi connectivity index (χ1n) is 11.9. The third-order valence-corrected chi connectivity index (χ3v) is 6.06. The smallest absolute Gasteiger partial charge is 0.289 e. The number of azo groups is 1. The van der Waals surface area contributed by atoms with Crippen LogP contribution in [0.2, 0.25) is 0 Å². The van der Waals surface area contributed by atoms with Gasteiger partial charge in [-0.05, 0) is 38.1 Å². The Kier molecular flexibility index (Phi) is 10.3. The molecule has 1 heterocycles. The van der Waals surface area contributed by atoms with Gasteiger partial charge in [0.25, 0.3) is 5.96 Å². The van der Waals surface area contributed by atoms with Crippen molar-refractivity contribution in [1.29, 1.82) is 0 Å². The van der Waals surface area contributed by atoms with Crippen molar-refractivity contribution in [1.82, 2.24) is 5.43 Å². The number of benzene rings is 3. The van der Waals surface area contributed by atoms with Gasteiger partial charge in [-0.1, -0.05) is 60.7 Å². The number of hydrogen-bond donors (Lipinski definition) is 2. The van der Waals surface area contributed by atoms with E-state index in [1.807, 2.05) is 36.4 Å². The number of anilines is 1. The van der Waals surface area contributed by atoms with Crippen LogP contribution in [0, 0.1) is 0 Å². The Balaban J connectivity index is 0.000000568. The summed E-state index contributed by atoms with van der Waals surface area (Å²) >= 11 is 0. The summed E-state index contributed by atoms with van der Waals surface area (Å²) in [6.45, 7) is 7.08. The zero-order valence-electron chi connectivity index (χ0n) is 21.1. The van der Waals surface area contributed by atoms with Gasteiger partial charge in [0, 0.05) is 29.9 Å². The van der Waals surface area contributed by atoms with Gasteiger partial charge in [-0.2, -0.15) is 10.4 Å². The largest absolute Gasteiger partial charge is 0.726 e. The van der Waals surface area contributed by atoms with E-state index in [2.05, 4.69) is 87.1 Å². The first-order valence-corrected chi connectivity index (χ1v) is 13.2. The predicted molar refractivity (Wildman–Crippen MR) is 142 cm³/mol. The van der Waals surface area contributed by atoms with Crippen molar-refractivity contribution in [2.75, 3.05) is 25.1 Å². The second-order valence-corrected chi connectivity index (χ2v) is 9.19. The number of guanidine groups is 1. The van der Waals surface area contributed by atoms with E-state index in [4.69, 9.17) is 4.99 Å². The second-order valence-electron chi connectivity index (χ2n) is 8.04. The third kappa shape index (κ3) is 8.76. The van der Waals surface area contributed by atoms with E-state index in [9.17, 15) is 13.0 Å². The van der Waals surface area contributed by atoms with Gasteiger partial charge in [0.05, 0.1) is 12.8 Å². The monoisotopic (exact) mass is 524 g/mol. The van der Waals surface area contributed by atoms with E-state index >= 15 is 0 Å². The molecule has 2 unspecified atom stereocenters. The molecule has 0 aliphatic carbocycles. The third-order valence-electron chi connectivity index (χ3n) is 5.65. The van der Waals surface area contributed by atoms with E-state index in [0.29, 0.717) is 5.96 Å². The minimum absolute atomic E-state index is 0.0691. The van der Waals surface area contributed by atoms with Crippen LogP contribution in [0.1, 0.15) is 31.1 Å². The van der Waals surface area contributed by atoms with E-state index in [1.165, 1.54) is 11.3 Å².